The van der Waals surface area contributed by atoms with Crippen LogP contribution in [0.4, 0.5) is 0 Å². The number of hydrogen-bond donors (Lipinski definition) is 2. The molecule has 0 aromatic carbocycles. The van der Waals surface area contributed by atoms with E-state index in [1.54, 1.807) is 0 Å². The molecule has 4 nitrogen and oxygen atoms in total. The number of rotatable bonds is 5. The van der Waals surface area contributed by atoms with Crippen LogP contribution in [0, 0.1) is 5.41 Å². The molecule has 0 aromatic rings. The van der Waals surface area contributed by atoms with Crippen molar-refractivity contribution in [3.05, 3.63) is 0 Å². The second-order valence-electron chi connectivity index (χ2n) is 5.76. The van der Waals surface area contributed by atoms with Gasteiger partial charge in [0.05, 0.1) is 11.5 Å². The fourth-order valence-electron chi connectivity index (χ4n) is 3.15. The second kappa shape index (κ2) is 6.02. The third kappa shape index (κ3) is 2.86. The van der Waals surface area contributed by atoms with Gasteiger partial charge in [0.15, 0.2) is 0 Å². The van der Waals surface area contributed by atoms with Crippen LogP contribution in [0.5, 0.6) is 0 Å². The molecule has 4 heteroatoms. The van der Waals surface area contributed by atoms with Crippen LogP contribution in [0.3, 0.4) is 0 Å². The third-order valence-electron chi connectivity index (χ3n) is 4.52. The smallest absolute Gasteiger partial charge is 0.227 e. The Morgan fingerprint density at radius 3 is 2.56 bits per heavy atom. The Kier molecular flexibility index (Phi) is 4.62. The van der Waals surface area contributed by atoms with Gasteiger partial charge in [0.1, 0.15) is 0 Å². The van der Waals surface area contributed by atoms with E-state index < -0.39 is 0 Å². The van der Waals surface area contributed by atoms with Crippen molar-refractivity contribution in [1.29, 1.82) is 0 Å². The molecule has 0 heterocycles. The van der Waals surface area contributed by atoms with Gasteiger partial charge in [0, 0.05) is 19.2 Å². The first kappa shape index (κ1) is 13.8. The van der Waals surface area contributed by atoms with Gasteiger partial charge in [-0.15, -0.1) is 0 Å². The first-order chi connectivity index (χ1) is 8.70. The maximum atomic E-state index is 12.4. The summed E-state index contributed by atoms with van der Waals surface area (Å²) in [7, 11) is 0. The molecule has 0 bridgehead atoms. The average molecular weight is 254 g/mol. The highest BCUT2D eigenvalue weighted by Gasteiger charge is 2.40. The number of carbonyl (C=O) groups excluding carboxylic acids is 1. The number of ether oxygens (including phenoxy) is 1. The molecule has 2 aliphatic carbocycles. The molecular formula is C14H26N2O2. The van der Waals surface area contributed by atoms with Gasteiger partial charge in [0.2, 0.25) is 5.91 Å². The topological polar surface area (TPSA) is 64.3 Å². The number of amides is 1. The number of nitrogens with one attached hydrogen (secondary N) is 1. The lowest BCUT2D eigenvalue weighted by Crippen LogP contribution is -2.54. The van der Waals surface area contributed by atoms with Crippen molar-refractivity contribution in [3.8, 4) is 0 Å². The molecule has 2 rings (SSSR count). The largest absolute Gasteiger partial charge is 0.378 e. The van der Waals surface area contributed by atoms with Crippen LogP contribution in [0.25, 0.3) is 0 Å². The molecule has 3 N–H and O–H groups in total. The summed E-state index contributed by atoms with van der Waals surface area (Å²) < 4.78 is 5.51. The third-order valence-corrected chi connectivity index (χ3v) is 4.52. The number of carbonyl (C=O) groups is 1. The molecule has 0 radical (unpaired) electrons. The normalized spacial score (nSPS) is 30.6. The summed E-state index contributed by atoms with van der Waals surface area (Å²) in [6, 6.07) is 0.305. The molecule has 18 heavy (non-hydrogen) atoms. The van der Waals surface area contributed by atoms with Crippen LogP contribution >= 0.6 is 0 Å². The van der Waals surface area contributed by atoms with E-state index in [1.807, 2.05) is 6.92 Å². The minimum absolute atomic E-state index is 0.185. The van der Waals surface area contributed by atoms with E-state index in [1.165, 1.54) is 6.42 Å². The molecule has 2 fully saturated rings. The minimum Gasteiger partial charge on any atom is -0.378 e. The summed E-state index contributed by atoms with van der Waals surface area (Å²) in [5, 5.41) is 3.17. The lowest BCUT2D eigenvalue weighted by atomic mass is 9.73. The van der Waals surface area contributed by atoms with Crippen molar-refractivity contribution in [2.75, 3.05) is 13.2 Å². The highest BCUT2D eigenvalue weighted by atomic mass is 16.5. The van der Waals surface area contributed by atoms with E-state index in [9.17, 15) is 4.79 Å². The quantitative estimate of drug-likeness (QED) is 0.783. The first-order valence-electron chi connectivity index (χ1n) is 7.33. The molecule has 0 saturated heterocycles. The van der Waals surface area contributed by atoms with Gasteiger partial charge >= 0.3 is 0 Å². The molecule has 0 spiro atoms. The van der Waals surface area contributed by atoms with Crippen molar-refractivity contribution in [1.82, 2.24) is 5.32 Å². The Bertz CT molecular complexity index is 282. The molecular weight excluding hydrogens is 228 g/mol. The number of hydrogen-bond acceptors (Lipinski definition) is 3. The summed E-state index contributed by atoms with van der Waals surface area (Å²) in [6.07, 6.45) is 7.69. The molecule has 2 aliphatic rings. The zero-order valence-electron chi connectivity index (χ0n) is 11.4. The highest BCUT2D eigenvalue weighted by molar-refractivity contribution is 5.83. The van der Waals surface area contributed by atoms with Gasteiger partial charge in [-0.3, -0.25) is 4.79 Å². The van der Waals surface area contributed by atoms with Gasteiger partial charge in [0.25, 0.3) is 0 Å². The fraction of sp³-hybridized carbons (Fsp3) is 0.929. The highest BCUT2D eigenvalue weighted by Crippen LogP contribution is 2.36. The van der Waals surface area contributed by atoms with E-state index in [4.69, 9.17) is 10.5 Å². The first-order valence-corrected chi connectivity index (χ1v) is 7.33. The van der Waals surface area contributed by atoms with Crippen molar-refractivity contribution >= 4 is 5.91 Å². The van der Waals surface area contributed by atoms with Gasteiger partial charge in [-0.1, -0.05) is 19.3 Å². The Balaban J connectivity index is 1.80. The van der Waals surface area contributed by atoms with Crippen molar-refractivity contribution in [3.63, 3.8) is 0 Å². The molecule has 0 atom stereocenters. The van der Waals surface area contributed by atoms with Gasteiger partial charge < -0.3 is 15.8 Å². The minimum atomic E-state index is -0.283. The molecule has 0 unspecified atom stereocenters. The van der Waals surface area contributed by atoms with Crippen molar-refractivity contribution in [2.45, 2.75) is 64.0 Å². The fourth-order valence-corrected chi connectivity index (χ4v) is 3.15. The van der Waals surface area contributed by atoms with Crippen molar-refractivity contribution < 1.29 is 9.53 Å². The van der Waals surface area contributed by atoms with Crippen LogP contribution in [0.2, 0.25) is 0 Å². The van der Waals surface area contributed by atoms with Crippen LogP contribution in [0.1, 0.15) is 51.9 Å². The summed E-state index contributed by atoms with van der Waals surface area (Å²) in [5.41, 5.74) is 5.58. The second-order valence-corrected chi connectivity index (χ2v) is 5.76. The average Bonchev–Trinajstić information content (AvgIpc) is 2.37. The predicted octanol–water partition coefficient (Wildman–Crippen LogP) is 1.58. The van der Waals surface area contributed by atoms with Crippen LogP contribution in [0.15, 0.2) is 0 Å². The molecule has 104 valence electrons. The van der Waals surface area contributed by atoms with Crippen LogP contribution in [-0.2, 0) is 9.53 Å². The van der Waals surface area contributed by atoms with Crippen LogP contribution in [-0.4, -0.2) is 31.2 Å². The summed E-state index contributed by atoms with van der Waals surface area (Å²) in [4.78, 5) is 12.4. The molecule has 2 saturated carbocycles. The molecule has 0 aromatic heterocycles. The molecule has 0 aliphatic heterocycles. The SMILES string of the molecule is CCOC1CC(NC(=O)C2(CN)CCCCC2)C1. The summed E-state index contributed by atoms with van der Waals surface area (Å²) >= 11 is 0. The monoisotopic (exact) mass is 254 g/mol. The van der Waals surface area contributed by atoms with E-state index in [2.05, 4.69) is 5.32 Å². The number of nitrogens with two attached hydrogens (primary N) is 1. The Morgan fingerprint density at radius 2 is 2.00 bits per heavy atom. The Morgan fingerprint density at radius 1 is 1.33 bits per heavy atom. The van der Waals surface area contributed by atoms with E-state index in [0.717, 1.165) is 45.1 Å². The molecule has 1 amide bonds. The maximum absolute atomic E-state index is 12.4. The zero-order chi connectivity index (χ0) is 13.0. The predicted molar refractivity (Wildman–Crippen MR) is 71.2 cm³/mol. The lowest BCUT2D eigenvalue weighted by Gasteiger charge is -2.40. The van der Waals surface area contributed by atoms with Gasteiger partial charge in [-0.2, -0.15) is 0 Å². The standard InChI is InChI=1S/C14H26N2O2/c1-2-18-12-8-11(9-12)16-13(17)14(10-15)6-4-3-5-7-14/h11-12H,2-10,15H2,1H3,(H,16,17). The van der Waals surface area contributed by atoms with Crippen LogP contribution < -0.4 is 11.1 Å². The van der Waals surface area contributed by atoms with Crippen molar-refractivity contribution in [2.24, 2.45) is 11.1 Å². The van der Waals surface area contributed by atoms with E-state index in [0.29, 0.717) is 18.7 Å². The maximum Gasteiger partial charge on any atom is 0.227 e. The zero-order valence-corrected chi connectivity index (χ0v) is 11.4. The summed E-state index contributed by atoms with van der Waals surface area (Å²) in [6.45, 7) is 3.26. The van der Waals surface area contributed by atoms with E-state index >= 15 is 0 Å². The van der Waals surface area contributed by atoms with Gasteiger partial charge in [-0.05, 0) is 32.6 Å². The van der Waals surface area contributed by atoms with E-state index in [-0.39, 0.29) is 11.3 Å². The summed E-state index contributed by atoms with van der Waals surface area (Å²) in [5.74, 6) is 0.185. The Hall–Kier alpha value is -0.610. The van der Waals surface area contributed by atoms with Gasteiger partial charge in [-0.25, -0.2) is 0 Å². The lowest BCUT2D eigenvalue weighted by molar-refractivity contribution is -0.135. The Labute approximate surface area is 110 Å².